The van der Waals surface area contributed by atoms with E-state index in [4.69, 9.17) is 21.8 Å². The van der Waals surface area contributed by atoms with Gasteiger partial charge in [-0.25, -0.2) is 4.79 Å². The van der Waals surface area contributed by atoms with E-state index in [0.717, 1.165) is 0 Å². The topological polar surface area (TPSA) is 69.6 Å². The van der Waals surface area contributed by atoms with E-state index in [2.05, 4.69) is 5.32 Å². The summed E-state index contributed by atoms with van der Waals surface area (Å²) in [5.41, 5.74) is 0.641. The average molecular weight is 216 g/mol. The Morgan fingerprint density at radius 3 is 2.79 bits per heavy atom. The van der Waals surface area contributed by atoms with Gasteiger partial charge >= 0.3 is 6.09 Å². The Labute approximate surface area is 86.1 Å². The summed E-state index contributed by atoms with van der Waals surface area (Å²) in [5, 5.41) is 20.1. The first-order valence-corrected chi connectivity index (χ1v) is 4.37. The van der Waals surface area contributed by atoms with Crippen LogP contribution in [-0.4, -0.2) is 22.9 Å². The van der Waals surface area contributed by atoms with Crippen LogP contribution in [0.25, 0.3) is 0 Å². The molecule has 0 heterocycles. The SMILES string of the molecule is O=C(O)N[C@@H](CO)c1cccc(Cl)c1. The summed E-state index contributed by atoms with van der Waals surface area (Å²) in [7, 11) is 0. The van der Waals surface area contributed by atoms with Gasteiger partial charge in [-0.05, 0) is 17.7 Å². The zero-order valence-corrected chi connectivity index (χ0v) is 8.03. The molecule has 1 atom stereocenters. The molecule has 4 nitrogen and oxygen atoms in total. The number of hydrogen-bond donors (Lipinski definition) is 3. The van der Waals surface area contributed by atoms with Crippen molar-refractivity contribution in [3.63, 3.8) is 0 Å². The Morgan fingerprint density at radius 2 is 2.29 bits per heavy atom. The number of rotatable bonds is 3. The van der Waals surface area contributed by atoms with E-state index in [9.17, 15) is 4.79 Å². The third-order valence-corrected chi connectivity index (χ3v) is 1.97. The minimum atomic E-state index is -1.18. The third-order valence-electron chi connectivity index (χ3n) is 1.73. The Balaban J connectivity index is 2.83. The number of hydrogen-bond acceptors (Lipinski definition) is 2. The lowest BCUT2D eigenvalue weighted by atomic mass is 10.1. The largest absolute Gasteiger partial charge is 0.465 e. The third kappa shape index (κ3) is 2.90. The zero-order valence-electron chi connectivity index (χ0n) is 7.27. The number of amides is 1. The van der Waals surface area contributed by atoms with Gasteiger partial charge in [0.25, 0.3) is 0 Å². The fourth-order valence-electron chi connectivity index (χ4n) is 1.11. The van der Waals surface area contributed by atoms with Crippen molar-refractivity contribution in [3.05, 3.63) is 34.9 Å². The van der Waals surface area contributed by atoms with Crippen LogP contribution in [0.4, 0.5) is 4.79 Å². The fourth-order valence-corrected chi connectivity index (χ4v) is 1.31. The van der Waals surface area contributed by atoms with Gasteiger partial charge in [0, 0.05) is 5.02 Å². The molecule has 1 aromatic carbocycles. The van der Waals surface area contributed by atoms with E-state index in [1.165, 1.54) is 0 Å². The smallest absolute Gasteiger partial charge is 0.405 e. The highest BCUT2D eigenvalue weighted by Crippen LogP contribution is 2.17. The molecule has 0 bridgehead atoms. The van der Waals surface area contributed by atoms with Crippen molar-refractivity contribution in [1.29, 1.82) is 0 Å². The van der Waals surface area contributed by atoms with E-state index in [0.29, 0.717) is 10.6 Å². The first kappa shape index (κ1) is 10.8. The zero-order chi connectivity index (χ0) is 10.6. The summed E-state index contributed by atoms with van der Waals surface area (Å²) < 4.78 is 0. The van der Waals surface area contributed by atoms with Crippen molar-refractivity contribution in [2.45, 2.75) is 6.04 Å². The summed E-state index contributed by atoms with van der Waals surface area (Å²) in [6.45, 7) is -0.299. The Kier molecular flexibility index (Phi) is 3.73. The molecular weight excluding hydrogens is 206 g/mol. The molecule has 0 saturated heterocycles. The Hall–Kier alpha value is -1.26. The minimum Gasteiger partial charge on any atom is -0.465 e. The lowest BCUT2D eigenvalue weighted by Crippen LogP contribution is -2.29. The van der Waals surface area contributed by atoms with Gasteiger partial charge in [0.1, 0.15) is 0 Å². The highest BCUT2D eigenvalue weighted by Gasteiger charge is 2.12. The number of aliphatic hydroxyl groups is 1. The van der Waals surface area contributed by atoms with E-state index in [1.54, 1.807) is 24.3 Å². The molecule has 0 aromatic heterocycles. The van der Waals surface area contributed by atoms with E-state index in [-0.39, 0.29) is 6.61 Å². The van der Waals surface area contributed by atoms with Crippen LogP contribution in [0.1, 0.15) is 11.6 Å². The molecule has 0 fully saturated rings. The van der Waals surface area contributed by atoms with E-state index < -0.39 is 12.1 Å². The molecule has 0 aliphatic heterocycles. The van der Waals surface area contributed by atoms with Crippen molar-refractivity contribution < 1.29 is 15.0 Å². The second-order valence-electron chi connectivity index (χ2n) is 2.74. The van der Waals surface area contributed by atoms with E-state index in [1.807, 2.05) is 0 Å². The van der Waals surface area contributed by atoms with Crippen molar-refractivity contribution in [3.8, 4) is 0 Å². The number of benzene rings is 1. The molecule has 1 amide bonds. The number of carbonyl (C=O) groups is 1. The van der Waals surface area contributed by atoms with Crippen LogP contribution in [0, 0.1) is 0 Å². The second kappa shape index (κ2) is 4.83. The average Bonchev–Trinajstić information content (AvgIpc) is 2.14. The summed E-state index contributed by atoms with van der Waals surface area (Å²) in [6.07, 6.45) is -1.18. The second-order valence-corrected chi connectivity index (χ2v) is 3.18. The molecule has 1 aromatic rings. The predicted molar refractivity (Wildman–Crippen MR) is 52.4 cm³/mol. The molecule has 0 spiro atoms. The van der Waals surface area contributed by atoms with Gasteiger partial charge < -0.3 is 15.5 Å². The maximum atomic E-state index is 10.4. The standard InChI is InChI=1S/C9H10ClNO3/c10-7-3-1-2-6(4-7)8(5-12)11-9(13)14/h1-4,8,11-12H,5H2,(H,13,14)/t8-/m0/s1. The van der Waals surface area contributed by atoms with Gasteiger partial charge in [0.15, 0.2) is 0 Å². The number of halogens is 1. The van der Waals surface area contributed by atoms with Crippen molar-refractivity contribution in [2.75, 3.05) is 6.61 Å². The molecule has 76 valence electrons. The highest BCUT2D eigenvalue weighted by atomic mass is 35.5. The Morgan fingerprint density at radius 1 is 1.57 bits per heavy atom. The van der Waals surface area contributed by atoms with Crippen LogP contribution < -0.4 is 5.32 Å². The summed E-state index contributed by atoms with van der Waals surface area (Å²) in [4.78, 5) is 10.4. The lowest BCUT2D eigenvalue weighted by Gasteiger charge is -2.14. The van der Waals surface area contributed by atoms with Crippen LogP contribution in [-0.2, 0) is 0 Å². The summed E-state index contributed by atoms with van der Waals surface area (Å²) >= 11 is 5.73. The molecule has 0 aliphatic carbocycles. The lowest BCUT2D eigenvalue weighted by molar-refractivity contribution is 0.177. The maximum absolute atomic E-state index is 10.4. The van der Waals surface area contributed by atoms with Crippen molar-refractivity contribution >= 4 is 17.7 Å². The van der Waals surface area contributed by atoms with Gasteiger partial charge in [-0.1, -0.05) is 23.7 Å². The number of carboxylic acid groups (broad SMARTS) is 1. The molecule has 0 unspecified atom stereocenters. The molecular formula is C9H10ClNO3. The quantitative estimate of drug-likeness (QED) is 0.718. The molecule has 0 aliphatic rings. The Bertz CT molecular complexity index is 330. The van der Waals surface area contributed by atoms with Crippen LogP contribution in [0.5, 0.6) is 0 Å². The van der Waals surface area contributed by atoms with Crippen molar-refractivity contribution in [1.82, 2.24) is 5.32 Å². The normalized spacial score (nSPS) is 12.1. The van der Waals surface area contributed by atoms with Gasteiger partial charge in [0.2, 0.25) is 0 Å². The molecule has 0 radical (unpaired) electrons. The summed E-state index contributed by atoms with van der Waals surface area (Å²) in [6, 6.07) is 6.05. The monoisotopic (exact) mass is 215 g/mol. The van der Waals surface area contributed by atoms with Gasteiger partial charge in [-0.2, -0.15) is 0 Å². The first-order chi connectivity index (χ1) is 6.63. The van der Waals surface area contributed by atoms with Crippen LogP contribution in [0.15, 0.2) is 24.3 Å². The highest BCUT2D eigenvalue weighted by molar-refractivity contribution is 6.30. The maximum Gasteiger partial charge on any atom is 0.405 e. The summed E-state index contributed by atoms with van der Waals surface area (Å²) in [5.74, 6) is 0. The molecule has 3 N–H and O–H groups in total. The van der Waals surface area contributed by atoms with Gasteiger partial charge in [-0.3, -0.25) is 0 Å². The molecule has 14 heavy (non-hydrogen) atoms. The van der Waals surface area contributed by atoms with E-state index >= 15 is 0 Å². The van der Waals surface area contributed by atoms with Gasteiger partial charge in [0.05, 0.1) is 12.6 Å². The predicted octanol–water partition coefficient (Wildman–Crippen LogP) is 1.64. The first-order valence-electron chi connectivity index (χ1n) is 3.99. The van der Waals surface area contributed by atoms with Crippen LogP contribution in [0.2, 0.25) is 5.02 Å². The van der Waals surface area contributed by atoms with Crippen molar-refractivity contribution in [2.24, 2.45) is 0 Å². The fraction of sp³-hybridized carbons (Fsp3) is 0.222. The molecule has 0 saturated carbocycles. The number of aliphatic hydroxyl groups excluding tert-OH is 1. The minimum absolute atomic E-state index is 0.299. The number of nitrogens with one attached hydrogen (secondary N) is 1. The molecule has 5 heteroatoms. The van der Waals surface area contributed by atoms with Crippen LogP contribution in [0.3, 0.4) is 0 Å². The van der Waals surface area contributed by atoms with Crippen LogP contribution >= 0.6 is 11.6 Å². The van der Waals surface area contributed by atoms with Gasteiger partial charge in [-0.15, -0.1) is 0 Å². The molecule has 1 rings (SSSR count).